The minimum Gasteiger partial charge on any atom is -0.495 e. The summed E-state index contributed by atoms with van der Waals surface area (Å²) >= 11 is 0. The van der Waals surface area contributed by atoms with E-state index in [2.05, 4.69) is 10.3 Å². The summed E-state index contributed by atoms with van der Waals surface area (Å²) in [6, 6.07) is 13.3. The number of guanidine groups is 1. The summed E-state index contributed by atoms with van der Waals surface area (Å²) in [6.07, 6.45) is 0. The smallest absolute Gasteiger partial charge is 0.193 e. The van der Waals surface area contributed by atoms with Crippen molar-refractivity contribution in [2.75, 3.05) is 25.6 Å². The van der Waals surface area contributed by atoms with Gasteiger partial charge in [-0.2, -0.15) is 0 Å². The van der Waals surface area contributed by atoms with Crippen molar-refractivity contribution >= 4 is 35.6 Å². The number of hydrogen-bond acceptors (Lipinski definition) is 3. The molecule has 7 heteroatoms. The van der Waals surface area contributed by atoms with Crippen LogP contribution in [-0.4, -0.2) is 26.2 Å². The van der Waals surface area contributed by atoms with Crippen LogP contribution in [0, 0.1) is 5.82 Å². The van der Waals surface area contributed by atoms with Crippen LogP contribution < -0.4 is 20.5 Å². The van der Waals surface area contributed by atoms with Crippen molar-refractivity contribution in [3.05, 3.63) is 54.3 Å². The molecule has 23 heavy (non-hydrogen) atoms. The maximum Gasteiger partial charge on any atom is 0.193 e. The minimum atomic E-state index is -0.335. The lowest BCUT2D eigenvalue weighted by Gasteiger charge is -2.10. The zero-order valence-electron chi connectivity index (χ0n) is 12.7. The molecule has 0 amide bonds. The molecule has 0 aliphatic heterocycles. The predicted octanol–water partition coefficient (Wildman–Crippen LogP) is 3.26. The Morgan fingerprint density at radius 3 is 2.74 bits per heavy atom. The quantitative estimate of drug-likeness (QED) is 0.319. The zero-order chi connectivity index (χ0) is 15.8. The zero-order valence-corrected chi connectivity index (χ0v) is 15.0. The second-order valence-electron chi connectivity index (χ2n) is 4.40. The Labute approximate surface area is 151 Å². The lowest BCUT2D eigenvalue weighted by atomic mass is 10.3. The monoisotopic (exact) mass is 431 g/mol. The fraction of sp³-hybridized carbons (Fsp3) is 0.188. The molecule has 0 aliphatic carbocycles. The number of nitrogens with one attached hydrogen (secondary N) is 1. The van der Waals surface area contributed by atoms with Crippen molar-refractivity contribution in [1.82, 2.24) is 0 Å². The van der Waals surface area contributed by atoms with Gasteiger partial charge in [-0.3, -0.25) is 0 Å². The molecule has 0 saturated heterocycles. The van der Waals surface area contributed by atoms with Gasteiger partial charge in [0.2, 0.25) is 0 Å². The molecular formula is C16H19FIN3O2. The number of aliphatic imine (C=N–C) groups is 1. The first kappa shape index (κ1) is 19.0. The number of methoxy groups -OCH3 is 1. The fourth-order valence-corrected chi connectivity index (χ4v) is 1.81. The Balaban J connectivity index is 0.00000264. The number of halogens is 2. The molecule has 0 radical (unpaired) electrons. The van der Waals surface area contributed by atoms with Gasteiger partial charge in [-0.25, -0.2) is 9.38 Å². The third-order valence-corrected chi connectivity index (χ3v) is 2.81. The van der Waals surface area contributed by atoms with Crippen molar-refractivity contribution in [2.24, 2.45) is 10.7 Å². The van der Waals surface area contributed by atoms with E-state index in [4.69, 9.17) is 15.2 Å². The van der Waals surface area contributed by atoms with Crippen molar-refractivity contribution in [3.8, 4) is 11.5 Å². The van der Waals surface area contributed by atoms with Crippen LogP contribution in [0.4, 0.5) is 10.1 Å². The van der Waals surface area contributed by atoms with Crippen LogP contribution in [0.5, 0.6) is 11.5 Å². The average molecular weight is 431 g/mol. The molecule has 2 rings (SSSR count). The summed E-state index contributed by atoms with van der Waals surface area (Å²) in [5.41, 5.74) is 6.53. The molecule has 0 spiro atoms. The van der Waals surface area contributed by atoms with Crippen LogP contribution in [0.1, 0.15) is 0 Å². The molecule has 0 aliphatic rings. The molecule has 3 N–H and O–H groups in total. The highest BCUT2D eigenvalue weighted by atomic mass is 127. The van der Waals surface area contributed by atoms with Crippen LogP contribution in [0.3, 0.4) is 0 Å². The van der Waals surface area contributed by atoms with Gasteiger partial charge in [0.25, 0.3) is 0 Å². The minimum absolute atomic E-state index is 0. The maximum atomic E-state index is 13.0. The molecular weight excluding hydrogens is 412 g/mol. The van der Waals surface area contributed by atoms with E-state index in [1.54, 1.807) is 19.2 Å². The first-order chi connectivity index (χ1) is 10.7. The standard InChI is InChI=1S/C16H18FN3O2.HI/c1-21-15-8-3-2-7-14(15)20-16(18)19-9-10-22-13-6-4-5-12(17)11-13;/h2-8,11H,9-10H2,1H3,(H3,18,19,20);1H. The summed E-state index contributed by atoms with van der Waals surface area (Å²) in [5.74, 6) is 1.06. The Hall–Kier alpha value is -2.03. The van der Waals surface area contributed by atoms with Crippen LogP contribution in [0.25, 0.3) is 0 Å². The van der Waals surface area contributed by atoms with Crippen molar-refractivity contribution in [2.45, 2.75) is 0 Å². The highest BCUT2D eigenvalue weighted by Crippen LogP contribution is 2.22. The van der Waals surface area contributed by atoms with Crippen LogP contribution in [0.15, 0.2) is 53.5 Å². The van der Waals surface area contributed by atoms with Gasteiger partial charge in [0.1, 0.15) is 23.9 Å². The van der Waals surface area contributed by atoms with Gasteiger partial charge in [0.15, 0.2) is 5.96 Å². The van der Waals surface area contributed by atoms with Gasteiger partial charge in [-0.1, -0.05) is 18.2 Å². The van der Waals surface area contributed by atoms with Gasteiger partial charge >= 0.3 is 0 Å². The number of rotatable bonds is 6. The molecule has 0 heterocycles. The highest BCUT2D eigenvalue weighted by Gasteiger charge is 2.02. The van der Waals surface area contributed by atoms with E-state index in [9.17, 15) is 4.39 Å². The Morgan fingerprint density at radius 2 is 2.00 bits per heavy atom. The number of hydrogen-bond donors (Lipinski definition) is 2. The number of ether oxygens (including phenoxy) is 2. The lowest BCUT2D eigenvalue weighted by molar-refractivity contribution is 0.327. The molecule has 0 aromatic heterocycles. The highest BCUT2D eigenvalue weighted by molar-refractivity contribution is 14.0. The topological polar surface area (TPSA) is 68.9 Å². The summed E-state index contributed by atoms with van der Waals surface area (Å²) in [5, 5.41) is 2.96. The molecule has 0 bridgehead atoms. The molecule has 2 aromatic rings. The van der Waals surface area contributed by atoms with E-state index in [1.165, 1.54) is 12.1 Å². The Kier molecular flexibility index (Phi) is 8.17. The first-order valence-corrected chi connectivity index (χ1v) is 6.77. The fourth-order valence-electron chi connectivity index (χ4n) is 1.81. The summed E-state index contributed by atoms with van der Waals surface area (Å²) < 4.78 is 23.6. The van der Waals surface area contributed by atoms with E-state index in [1.807, 2.05) is 24.3 Å². The number of para-hydroxylation sites is 2. The average Bonchev–Trinajstić information content (AvgIpc) is 2.52. The summed E-state index contributed by atoms with van der Waals surface area (Å²) in [7, 11) is 1.58. The maximum absolute atomic E-state index is 13.0. The van der Waals surface area contributed by atoms with Gasteiger partial charge in [0, 0.05) is 6.07 Å². The normalized spacial score (nSPS) is 10.6. The van der Waals surface area contributed by atoms with Crippen molar-refractivity contribution < 1.29 is 13.9 Å². The predicted molar refractivity (Wildman–Crippen MR) is 100 cm³/mol. The molecule has 0 saturated carbocycles. The van der Waals surface area contributed by atoms with Crippen LogP contribution >= 0.6 is 24.0 Å². The van der Waals surface area contributed by atoms with Crippen LogP contribution in [0.2, 0.25) is 0 Å². The Morgan fingerprint density at radius 1 is 1.22 bits per heavy atom. The van der Waals surface area contributed by atoms with Gasteiger partial charge in [0.05, 0.1) is 19.3 Å². The SMILES string of the molecule is COc1ccccc1NC(N)=NCCOc1cccc(F)c1.I. The molecule has 124 valence electrons. The second kappa shape index (κ2) is 9.88. The molecule has 5 nitrogen and oxygen atoms in total. The molecule has 0 fully saturated rings. The summed E-state index contributed by atoms with van der Waals surface area (Å²) in [4.78, 5) is 4.14. The molecule has 0 atom stereocenters. The second-order valence-corrected chi connectivity index (χ2v) is 4.40. The van der Waals surface area contributed by atoms with Crippen molar-refractivity contribution in [1.29, 1.82) is 0 Å². The van der Waals surface area contributed by atoms with Gasteiger partial charge in [-0.15, -0.1) is 24.0 Å². The number of anilines is 1. The molecule has 2 aromatic carbocycles. The third kappa shape index (κ3) is 6.31. The van der Waals surface area contributed by atoms with Gasteiger partial charge < -0.3 is 20.5 Å². The Bertz CT molecular complexity index is 653. The largest absolute Gasteiger partial charge is 0.495 e. The van der Waals surface area contributed by atoms with E-state index in [0.29, 0.717) is 24.7 Å². The van der Waals surface area contributed by atoms with E-state index in [-0.39, 0.29) is 35.8 Å². The lowest BCUT2D eigenvalue weighted by Crippen LogP contribution is -2.23. The first-order valence-electron chi connectivity index (χ1n) is 6.77. The third-order valence-electron chi connectivity index (χ3n) is 2.81. The molecule has 0 unspecified atom stereocenters. The van der Waals surface area contributed by atoms with Crippen molar-refractivity contribution in [3.63, 3.8) is 0 Å². The number of benzene rings is 2. The number of nitrogens with two attached hydrogens (primary N) is 1. The van der Waals surface area contributed by atoms with E-state index < -0.39 is 0 Å². The van der Waals surface area contributed by atoms with Crippen LogP contribution in [-0.2, 0) is 0 Å². The van der Waals surface area contributed by atoms with Gasteiger partial charge in [-0.05, 0) is 24.3 Å². The summed E-state index contributed by atoms with van der Waals surface area (Å²) in [6.45, 7) is 0.655. The van der Waals surface area contributed by atoms with E-state index >= 15 is 0 Å². The van der Waals surface area contributed by atoms with E-state index in [0.717, 1.165) is 5.69 Å². The number of nitrogens with zero attached hydrogens (tertiary/aromatic N) is 1.